The third kappa shape index (κ3) is 9.73. The summed E-state index contributed by atoms with van der Waals surface area (Å²) in [6.07, 6.45) is 14.7. The number of nitrogen functional groups attached to an aromatic ring is 1. The van der Waals surface area contributed by atoms with Gasteiger partial charge in [-0.1, -0.05) is 71.3 Å². The number of carbonyl (C=O) groups excluding carboxylic acids is 2. The molecule has 0 aliphatic carbocycles. The van der Waals surface area contributed by atoms with Crippen molar-refractivity contribution in [1.82, 2.24) is 19.5 Å². The average Bonchev–Trinajstić information content (AvgIpc) is 3.39. The molecule has 3 rings (SSSR count). The topological polar surface area (TPSA) is 131 Å². The number of hydrogen-bond donors (Lipinski definition) is 1. The maximum atomic E-state index is 13.8. The van der Waals surface area contributed by atoms with Crippen LogP contribution in [-0.4, -0.2) is 50.8 Å². The van der Waals surface area contributed by atoms with Crippen molar-refractivity contribution in [3.05, 3.63) is 41.2 Å². The van der Waals surface area contributed by atoms with Crippen LogP contribution in [0.1, 0.15) is 102 Å². The molecular formula is C35H48FN5O5. The highest BCUT2D eigenvalue weighted by atomic mass is 19.1. The molecule has 2 aromatic heterocycles. The van der Waals surface area contributed by atoms with Crippen LogP contribution in [0, 0.1) is 32.3 Å². The molecule has 0 radical (unpaired) electrons. The second-order valence-electron chi connectivity index (χ2n) is 12.6. The molecule has 0 aliphatic rings. The van der Waals surface area contributed by atoms with Crippen LogP contribution in [-0.2, 0) is 31.0 Å². The number of unbranched alkanes of at least 4 members (excludes halogenated alkanes) is 6. The molecule has 0 spiro atoms. The Labute approximate surface area is 271 Å². The molecule has 1 aromatic carbocycles. The number of esters is 2. The van der Waals surface area contributed by atoms with E-state index in [1.165, 1.54) is 39.1 Å². The van der Waals surface area contributed by atoms with Crippen molar-refractivity contribution in [2.45, 2.75) is 116 Å². The molecule has 2 heterocycles. The Kier molecular flexibility index (Phi) is 13.1. The number of carbonyl (C=O) groups is 2. The van der Waals surface area contributed by atoms with Gasteiger partial charge in [0.2, 0.25) is 0 Å². The van der Waals surface area contributed by atoms with Crippen LogP contribution in [0.2, 0.25) is 0 Å². The number of aryl methyl sites for hydroxylation is 3. The Hall–Kier alpha value is -4.04. The number of rotatable bonds is 18. The fourth-order valence-electron chi connectivity index (χ4n) is 5.78. The van der Waals surface area contributed by atoms with Crippen molar-refractivity contribution >= 4 is 28.9 Å². The molecule has 46 heavy (non-hydrogen) atoms. The number of nitrogens with zero attached hydrogens (tertiary/aromatic N) is 4. The summed E-state index contributed by atoms with van der Waals surface area (Å²) in [5, 5.41) is 0. The zero-order valence-electron chi connectivity index (χ0n) is 28.1. The molecule has 250 valence electrons. The highest BCUT2D eigenvalue weighted by Crippen LogP contribution is 2.38. The molecule has 0 fully saturated rings. The molecule has 0 aliphatic heterocycles. The Morgan fingerprint density at radius 3 is 2.43 bits per heavy atom. The summed E-state index contributed by atoms with van der Waals surface area (Å²) >= 11 is 0. The fourth-order valence-corrected chi connectivity index (χ4v) is 5.78. The number of nitrogens with two attached hydrogens (primary N) is 1. The molecule has 10 nitrogen and oxygen atoms in total. The normalized spacial score (nSPS) is 12.9. The number of aromatic nitrogens is 4. The van der Waals surface area contributed by atoms with Gasteiger partial charge in [0.05, 0.1) is 12.7 Å². The van der Waals surface area contributed by atoms with Gasteiger partial charge in [-0.2, -0.15) is 14.4 Å². The Balaban J connectivity index is 1.64. The predicted octanol–water partition coefficient (Wildman–Crippen LogP) is 6.53. The molecule has 3 aromatic rings. The van der Waals surface area contributed by atoms with E-state index < -0.39 is 23.1 Å². The zero-order valence-corrected chi connectivity index (χ0v) is 28.1. The van der Waals surface area contributed by atoms with Crippen molar-refractivity contribution in [2.24, 2.45) is 0 Å². The lowest BCUT2D eigenvalue weighted by Crippen LogP contribution is -2.38. The molecule has 11 heteroatoms. The van der Waals surface area contributed by atoms with Gasteiger partial charge >= 0.3 is 18.0 Å². The zero-order chi connectivity index (χ0) is 33.9. The van der Waals surface area contributed by atoms with Crippen molar-refractivity contribution in [2.75, 3.05) is 19.5 Å². The third-order valence-electron chi connectivity index (χ3n) is 8.26. The fraction of sp³-hybridized carbons (Fsp3) is 0.571. The van der Waals surface area contributed by atoms with E-state index in [0.717, 1.165) is 36.0 Å². The van der Waals surface area contributed by atoms with Crippen LogP contribution in [0.4, 0.5) is 10.2 Å². The van der Waals surface area contributed by atoms with Crippen LogP contribution in [0.15, 0.2) is 18.5 Å². The van der Waals surface area contributed by atoms with Gasteiger partial charge in [0.15, 0.2) is 17.1 Å². The summed E-state index contributed by atoms with van der Waals surface area (Å²) in [5.74, 6) is 2.24. The largest absolute Gasteiger partial charge is 0.461 e. The van der Waals surface area contributed by atoms with E-state index in [1.54, 1.807) is 4.57 Å². The number of fused-ring (bicyclic) bond motifs is 1. The first kappa shape index (κ1) is 36.4. The lowest BCUT2D eigenvalue weighted by molar-refractivity contribution is -0.151. The highest BCUT2D eigenvalue weighted by molar-refractivity contribution is 5.81. The van der Waals surface area contributed by atoms with Crippen LogP contribution in [0.25, 0.3) is 11.2 Å². The van der Waals surface area contributed by atoms with Crippen molar-refractivity contribution in [3.8, 4) is 18.1 Å². The molecule has 0 saturated carbocycles. The van der Waals surface area contributed by atoms with E-state index in [2.05, 4.69) is 27.8 Å². The number of anilines is 1. The Morgan fingerprint density at radius 1 is 1.07 bits per heavy atom. The smallest absolute Gasteiger partial charge is 0.312 e. The predicted molar refractivity (Wildman–Crippen MR) is 176 cm³/mol. The molecule has 0 amide bonds. The first-order valence-electron chi connectivity index (χ1n) is 16.0. The van der Waals surface area contributed by atoms with E-state index in [0.29, 0.717) is 12.2 Å². The standard InChI is InChI=1S/C35H48FN5O5/c1-8-10-11-12-13-14-15-16-27(42)46-26-20-24(3)19-25(4)29(26)34(5,6)21-28(43)45-22-35(9-2,44-7)17-18-41-23-38-30-31(37)39-33(36)40-32(30)41/h2,19-20,23H,8,10-18,21-22H2,1,3-7H3,(H2,37,39,40). The molecule has 0 saturated heterocycles. The highest BCUT2D eigenvalue weighted by Gasteiger charge is 2.34. The van der Waals surface area contributed by atoms with Gasteiger partial charge in [-0.3, -0.25) is 9.59 Å². The lowest BCUT2D eigenvalue weighted by atomic mass is 9.78. The van der Waals surface area contributed by atoms with Gasteiger partial charge in [-0.15, -0.1) is 6.42 Å². The number of benzene rings is 1. The SMILES string of the molecule is C#CC(CCn1cnc2c(N)nc(F)nc21)(COC(=O)CC(C)(C)c1c(C)cc(C)cc1OC(=O)CCCCCCCCC)OC. The van der Waals surface area contributed by atoms with E-state index in [1.807, 2.05) is 39.8 Å². The quantitative estimate of drug-likeness (QED) is 0.0544. The van der Waals surface area contributed by atoms with Gasteiger partial charge in [-0.05, 0) is 37.5 Å². The molecule has 0 bridgehead atoms. The van der Waals surface area contributed by atoms with Crippen LogP contribution in [0.5, 0.6) is 5.75 Å². The van der Waals surface area contributed by atoms with Gasteiger partial charge in [0, 0.05) is 37.5 Å². The summed E-state index contributed by atoms with van der Waals surface area (Å²) < 4.78 is 32.6. The first-order chi connectivity index (χ1) is 21.8. The minimum Gasteiger partial charge on any atom is -0.461 e. The summed E-state index contributed by atoms with van der Waals surface area (Å²) in [5.41, 5.74) is 6.92. The van der Waals surface area contributed by atoms with Crippen LogP contribution >= 0.6 is 0 Å². The summed E-state index contributed by atoms with van der Waals surface area (Å²) in [6, 6.07) is 3.85. The average molecular weight is 638 g/mol. The number of halogens is 1. The maximum Gasteiger partial charge on any atom is 0.312 e. The van der Waals surface area contributed by atoms with Crippen molar-refractivity contribution < 1.29 is 28.2 Å². The number of hydrogen-bond acceptors (Lipinski definition) is 9. The third-order valence-corrected chi connectivity index (χ3v) is 8.26. The number of imidazole rings is 1. The molecule has 2 N–H and O–H groups in total. The maximum absolute atomic E-state index is 13.8. The summed E-state index contributed by atoms with van der Waals surface area (Å²) in [6.45, 7) is 9.95. The van der Waals surface area contributed by atoms with E-state index in [4.69, 9.17) is 26.4 Å². The minimum absolute atomic E-state index is 0.00517. The van der Waals surface area contributed by atoms with Crippen LogP contribution in [0.3, 0.4) is 0 Å². The monoisotopic (exact) mass is 637 g/mol. The van der Waals surface area contributed by atoms with Crippen molar-refractivity contribution in [1.29, 1.82) is 0 Å². The van der Waals surface area contributed by atoms with Gasteiger partial charge in [0.1, 0.15) is 17.9 Å². The number of methoxy groups -OCH3 is 1. The minimum atomic E-state index is -1.26. The summed E-state index contributed by atoms with van der Waals surface area (Å²) in [7, 11) is 1.44. The van der Waals surface area contributed by atoms with Crippen LogP contribution < -0.4 is 10.5 Å². The molecular weight excluding hydrogens is 589 g/mol. The molecule has 1 atom stereocenters. The van der Waals surface area contributed by atoms with Crippen molar-refractivity contribution in [3.63, 3.8) is 0 Å². The molecule has 1 unspecified atom stereocenters. The van der Waals surface area contributed by atoms with Gasteiger partial charge in [-0.25, -0.2) is 4.98 Å². The number of terminal acetylenes is 1. The Morgan fingerprint density at radius 2 is 1.76 bits per heavy atom. The second kappa shape index (κ2) is 16.5. The van der Waals surface area contributed by atoms with Gasteiger partial charge in [0.25, 0.3) is 0 Å². The first-order valence-corrected chi connectivity index (χ1v) is 16.0. The number of ether oxygens (including phenoxy) is 3. The van der Waals surface area contributed by atoms with E-state index >= 15 is 0 Å². The van der Waals surface area contributed by atoms with Gasteiger partial charge < -0.3 is 24.5 Å². The lowest BCUT2D eigenvalue weighted by Gasteiger charge is -2.30. The summed E-state index contributed by atoms with van der Waals surface area (Å²) in [4.78, 5) is 37.5. The second-order valence-corrected chi connectivity index (χ2v) is 12.6. The Bertz CT molecular complexity index is 1550. The van der Waals surface area contributed by atoms with E-state index in [9.17, 15) is 14.0 Å². The van der Waals surface area contributed by atoms with E-state index in [-0.39, 0.29) is 48.9 Å².